The van der Waals surface area contributed by atoms with E-state index in [4.69, 9.17) is 16.7 Å². The number of nitrogens with zero attached hydrogens (tertiary/aromatic N) is 7. The Balaban J connectivity index is 1.24. The van der Waals surface area contributed by atoms with Crippen molar-refractivity contribution in [2.24, 2.45) is 0 Å². The van der Waals surface area contributed by atoms with Gasteiger partial charge in [-0.1, -0.05) is 29.3 Å². The fourth-order valence-corrected chi connectivity index (χ4v) is 5.95. The van der Waals surface area contributed by atoms with E-state index in [1.807, 2.05) is 41.6 Å². The largest absolute Gasteiger partial charge is 0.306 e. The summed E-state index contributed by atoms with van der Waals surface area (Å²) in [4.78, 5) is 22.3. The van der Waals surface area contributed by atoms with E-state index in [2.05, 4.69) is 20.4 Å². The van der Waals surface area contributed by atoms with Crippen LogP contribution >= 0.6 is 11.6 Å². The van der Waals surface area contributed by atoms with Crippen LogP contribution < -0.4 is 5.32 Å². The van der Waals surface area contributed by atoms with Crippen molar-refractivity contribution in [1.29, 1.82) is 0 Å². The SMILES string of the molecule is Cc1ccc(-n2nc(C3CCN(S(=O)c4ccc(Cl)nc4)CC3)cc2NC(=O)c2cnn3cccnc23)cc1. The molecular weight excluding hydrogens is 536 g/mol. The van der Waals surface area contributed by atoms with E-state index in [1.54, 1.807) is 46.0 Å². The summed E-state index contributed by atoms with van der Waals surface area (Å²) in [6.45, 7) is 3.32. The smallest absolute Gasteiger partial charge is 0.262 e. The summed E-state index contributed by atoms with van der Waals surface area (Å²) in [6.07, 6.45) is 8.01. The highest BCUT2D eigenvalue weighted by Gasteiger charge is 2.28. The molecule has 5 heterocycles. The Morgan fingerprint density at radius 1 is 1.08 bits per heavy atom. The summed E-state index contributed by atoms with van der Waals surface area (Å²) >= 11 is 5.88. The van der Waals surface area contributed by atoms with Crippen LogP contribution in [-0.4, -0.2) is 56.9 Å². The summed E-state index contributed by atoms with van der Waals surface area (Å²) in [7, 11) is -1.30. The predicted molar refractivity (Wildman–Crippen MR) is 148 cm³/mol. The van der Waals surface area contributed by atoms with Gasteiger partial charge in [0.2, 0.25) is 0 Å². The van der Waals surface area contributed by atoms with Crippen molar-refractivity contribution >= 4 is 40.0 Å². The molecular formula is C27H25ClN8O2S. The lowest BCUT2D eigenvalue weighted by Gasteiger charge is -2.29. The monoisotopic (exact) mass is 560 g/mol. The van der Waals surface area contributed by atoms with Gasteiger partial charge in [-0.25, -0.2) is 27.7 Å². The predicted octanol–water partition coefficient (Wildman–Crippen LogP) is 4.43. The lowest BCUT2D eigenvalue weighted by Crippen LogP contribution is -2.34. The number of halogens is 1. The molecule has 1 aromatic carbocycles. The van der Waals surface area contributed by atoms with Crippen molar-refractivity contribution in [1.82, 2.24) is 33.7 Å². The number of rotatable bonds is 6. The molecule has 0 spiro atoms. The third-order valence-corrected chi connectivity index (χ3v) is 8.48. The van der Waals surface area contributed by atoms with Gasteiger partial charge >= 0.3 is 0 Å². The zero-order valence-corrected chi connectivity index (χ0v) is 22.6. The summed E-state index contributed by atoms with van der Waals surface area (Å²) in [6, 6.07) is 15.1. The van der Waals surface area contributed by atoms with Gasteiger partial charge in [0.1, 0.15) is 27.5 Å². The first-order valence-corrected chi connectivity index (χ1v) is 14.0. The van der Waals surface area contributed by atoms with E-state index in [0.29, 0.717) is 40.2 Å². The van der Waals surface area contributed by atoms with E-state index in [1.165, 1.54) is 6.20 Å². The van der Waals surface area contributed by atoms with Gasteiger partial charge in [-0.15, -0.1) is 0 Å². The van der Waals surface area contributed by atoms with Crippen LogP contribution in [0, 0.1) is 6.92 Å². The number of amides is 1. The van der Waals surface area contributed by atoms with Crippen molar-refractivity contribution in [2.45, 2.75) is 30.6 Å². The topological polar surface area (TPSA) is 110 Å². The number of anilines is 1. The fraction of sp³-hybridized carbons (Fsp3) is 0.222. The zero-order valence-electron chi connectivity index (χ0n) is 21.1. The third-order valence-electron chi connectivity index (χ3n) is 6.78. The van der Waals surface area contributed by atoms with Crippen LogP contribution in [0.5, 0.6) is 0 Å². The number of hydrogen-bond donors (Lipinski definition) is 1. The van der Waals surface area contributed by atoms with Crippen molar-refractivity contribution in [3.63, 3.8) is 0 Å². The highest BCUT2D eigenvalue weighted by molar-refractivity contribution is 7.82. The lowest BCUT2D eigenvalue weighted by molar-refractivity contribution is 0.102. The van der Waals surface area contributed by atoms with Gasteiger partial charge in [-0.05, 0) is 50.1 Å². The number of pyridine rings is 1. The Labute approximate surface area is 232 Å². The Morgan fingerprint density at radius 2 is 1.87 bits per heavy atom. The van der Waals surface area contributed by atoms with Gasteiger partial charge in [0.25, 0.3) is 5.91 Å². The van der Waals surface area contributed by atoms with Crippen LogP contribution in [0.4, 0.5) is 5.82 Å². The fourth-order valence-electron chi connectivity index (χ4n) is 4.67. The van der Waals surface area contributed by atoms with E-state index < -0.39 is 11.0 Å². The Kier molecular flexibility index (Phi) is 6.94. The summed E-state index contributed by atoms with van der Waals surface area (Å²) < 4.78 is 18.3. The van der Waals surface area contributed by atoms with Gasteiger partial charge in [-0.2, -0.15) is 10.2 Å². The molecule has 12 heteroatoms. The maximum Gasteiger partial charge on any atom is 0.262 e. The maximum atomic E-state index is 13.3. The Hall–Kier alpha value is -3.93. The average molecular weight is 561 g/mol. The minimum atomic E-state index is -1.30. The molecule has 1 atom stereocenters. The maximum absolute atomic E-state index is 13.3. The second-order valence-electron chi connectivity index (χ2n) is 9.37. The number of aryl methyl sites for hydroxylation is 1. The first kappa shape index (κ1) is 25.4. The average Bonchev–Trinajstić information content (AvgIpc) is 3.58. The minimum Gasteiger partial charge on any atom is -0.306 e. The third kappa shape index (κ3) is 5.20. The van der Waals surface area contributed by atoms with Gasteiger partial charge in [0.15, 0.2) is 5.65 Å². The second kappa shape index (κ2) is 10.7. The number of carbonyl (C=O) groups is 1. The minimum absolute atomic E-state index is 0.155. The molecule has 5 aromatic rings. The molecule has 1 N–H and O–H groups in total. The first-order valence-electron chi connectivity index (χ1n) is 12.5. The van der Waals surface area contributed by atoms with Gasteiger partial charge < -0.3 is 5.32 Å². The number of piperidine rings is 1. The zero-order chi connectivity index (χ0) is 26.9. The molecule has 0 bridgehead atoms. The van der Waals surface area contributed by atoms with Crippen molar-refractivity contribution < 1.29 is 9.00 Å². The molecule has 1 fully saturated rings. The number of benzene rings is 1. The van der Waals surface area contributed by atoms with Crippen molar-refractivity contribution in [3.8, 4) is 5.69 Å². The number of fused-ring (bicyclic) bond motifs is 1. The quantitative estimate of drug-likeness (QED) is 0.308. The van der Waals surface area contributed by atoms with E-state index in [0.717, 1.165) is 29.8 Å². The van der Waals surface area contributed by atoms with Crippen molar-refractivity contribution in [2.75, 3.05) is 18.4 Å². The lowest BCUT2D eigenvalue weighted by atomic mass is 9.95. The molecule has 0 radical (unpaired) electrons. The molecule has 0 saturated carbocycles. The Morgan fingerprint density at radius 3 is 2.62 bits per heavy atom. The molecule has 4 aromatic heterocycles. The highest BCUT2D eigenvalue weighted by atomic mass is 35.5. The van der Waals surface area contributed by atoms with E-state index in [-0.39, 0.29) is 11.8 Å². The van der Waals surface area contributed by atoms with Crippen LogP contribution in [0.2, 0.25) is 5.15 Å². The molecule has 1 unspecified atom stereocenters. The van der Waals surface area contributed by atoms with Crippen LogP contribution in [0.25, 0.3) is 11.3 Å². The molecule has 1 aliphatic heterocycles. The van der Waals surface area contributed by atoms with Crippen molar-refractivity contribution in [3.05, 3.63) is 95.3 Å². The number of hydrogen-bond acceptors (Lipinski definition) is 6. The van der Waals surface area contributed by atoms with Crippen LogP contribution in [0.15, 0.2) is 78.2 Å². The van der Waals surface area contributed by atoms with Crippen LogP contribution in [-0.2, 0) is 11.0 Å². The molecule has 0 aliphatic carbocycles. The number of carbonyl (C=O) groups excluding carboxylic acids is 1. The molecule has 10 nitrogen and oxygen atoms in total. The molecule has 1 saturated heterocycles. The van der Waals surface area contributed by atoms with E-state index in [9.17, 15) is 9.00 Å². The molecule has 39 heavy (non-hydrogen) atoms. The second-order valence-corrected chi connectivity index (χ2v) is 11.2. The number of nitrogens with one attached hydrogen (secondary N) is 1. The standard InChI is InChI=1S/C27H25ClN8O2S/c1-18-3-5-20(6-4-18)36-25(32-27(37)22-17-31-35-12-2-11-29-26(22)35)15-23(33-36)19-9-13-34(14-10-19)39(38)21-7-8-24(28)30-16-21/h2-8,11-12,15-17,19H,9-10,13-14H2,1H3,(H,32,37). The highest BCUT2D eigenvalue weighted by Crippen LogP contribution is 2.32. The summed E-state index contributed by atoms with van der Waals surface area (Å²) in [5.74, 6) is 0.403. The van der Waals surface area contributed by atoms with Gasteiger partial charge in [-0.3, -0.25) is 4.79 Å². The molecule has 6 rings (SSSR count). The Bertz CT molecular complexity index is 1660. The van der Waals surface area contributed by atoms with Crippen LogP contribution in [0.3, 0.4) is 0 Å². The van der Waals surface area contributed by atoms with E-state index >= 15 is 0 Å². The summed E-state index contributed by atoms with van der Waals surface area (Å²) in [5.41, 5.74) is 3.70. The summed E-state index contributed by atoms with van der Waals surface area (Å²) in [5, 5.41) is 12.5. The van der Waals surface area contributed by atoms with Gasteiger partial charge in [0.05, 0.1) is 22.5 Å². The van der Waals surface area contributed by atoms with Gasteiger partial charge in [0, 0.05) is 43.7 Å². The molecule has 1 amide bonds. The normalized spacial score (nSPS) is 15.4. The first-order chi connectivity index (χ1) is 19.0. The molecule has 1 aliphatic rings. The van der Waals surface area contributed by atoms with Crippen LogP contribution in [0.1, 0.15) is 40.4 Å². The number of aromatic nitrogens is 6. The molecule has 198 valence electrons.